The molecule has 1 fully saturated rings. The van der Waals surface area contributed by atoms with Gasteiger partial charge in [0.15, 0.2) is 5.82 Å². The van der Waals surface area contributed by atoms with Crippen LogP contribution in [0.4, 0.5) is 0 Å². The second kappa shape index (κ2) is 6.95. The fourth-order valence-corrected chi connectivity index (χ4v) is 4.89. The quantitative estimate of drug-likeness (QED) is 0.623. The van der Waals surface area contributed by atoms with E-state index in [2.05, 4.69) is 56.9 Å². The molecule has 1 aliphatic carbocycles. The molecule has 0 amide bonds. The Balaban J connectivity index is 1.64. The van der Waals surface area contributed by atoms with Crippen LogP contribution in [0.15, 0.2) is 30.3 Å². The van der Waals surface area contributed by atoms with E-state index in [4.69, 9.17) is 4.74 Å². The molecule has 5 rings (SSSR count). The summed E-state index contributed by atoms with van der Waals surface area (Å²) in [7, 11) is 0. The van der Waals surface area contributed by atoms with Crippen LogP contribution in [0.3, 0.4) is 0 Å². The standard InChI is InChI=1S/C22H21N3OS/c1-15-23-24-21-14-26-13-19-18(12-17-6-3-2-4-7-17)20(27-22(19)25(15)21)11-10-16-8-5-9-16/h2-4,6-7,16H,5,8-9,12-14H2,1H3. The average molecular weight is 375 g/mol. The van der Waals surface area contributed by atoms with Crippen LogP contribution in [0.25, 0.3) is 5.00 Å². The molecule has 0 unspecified atom stereocenters. The second-order valence-electron chi connectivity index (χ2n) is 7.24. The van der Waals surface area contributed by atoms with Crippen LogP contribution in [-0.2, 0) is 24.4 Å². The Kier molecular flexibility index (Phi) is 4.31. The number of aryl methyl sites for hydroxylation is 1. The molecule has 1 saturated carbocycles. The number of fused-ring (bicyclic) bond motifs is 3. The van der Waals surface area contributed by atoms with E-state index in [0.717, 1.165) is 18.1 Å². The molecule has 0 atom stereocenters. The van der Waals surface area contributed by atoms with Gasteiger partial charge in [-0.2, -0.15) is 0 Å². The Morgan fingerprint density at radius 1 is 1.19 bits per heavy atom. The minimum atomic E-state index is 0.496. The van der Waals surface area contributed by atoms with Gasteiger partial charge >= 0.3 is 0 Å². The van der Waals surface area contributed by atoms with Crippen LogP contribution < -0.4 is 0 Å². The third kappa shape index (κ3) is 3.09. The minimum Gasteiger partial charge on any atom is -0.369 e. The van der Waals surface area contributed by atoms with E-state index in [1.807, 2.05) is 6.92 Å². The van der Waals surface area contributed by atoms with Crippen LogP contribution >= 0.6 is 11.3 Å². The minimum absolute atomic E-state index is 0.496. The van der Waals surface area contributed by atoms with E-state index in [9.17, 15) is 0 Å². The second-order valence-corrected chi connectivity index (χ2v) is 8.24. The lowest BCUT2D eigenvalue weighted by atomic mass is 9.86. The summed E-state index contributed by atoms with van der Waals surface area (Å²) in [5.74, 6) is 9.36. The monoisotopic (exact) mass is 375 g/mol. The number of ether oxygens (including phenoxy) is 1. The molecule has 2 aliphatic rings. The van der Waals surface area contributed by atoms with E-state index < -0.39 is 0 Å². The van der Waals surface area contributed by atoms with Crippen molar-refractivity contribution in [2.45, 2.75) is 45.8 Å². The first-order valence-corrected chi connectivity index (χ1v) is 10.3. The van der Waals surface area contributed by atoms with E-state index in [-0.39, 0.29) is 0 Å². The number of hydrogen-bond donors (Lipinski definition) is 0. The molecule has 0 saturated heterocycles. The number of benzene rings is 1. The molecule has 1 aliphatic heterocycles. The SMILES string of the molecule is Cc1nnc2n1-c1sc(C#CC3CCC3)c(Cc3ccccc3)c1COC2. The highest BCUT2D eigenvalue weighted by molar-refractivity contribution is 7.15. The van der Waals surface area contributed by atoms with Gasteiger partial charge < -0.3 is 4.74 Å². The summed E-state index contributed by atoms with van der Waals surface area (Å²) in [5.41, 5.74) is 3.84. The fraction of sp³-hybridized carbons (Fsp3) is 0.364. The molecule has 0 radical (unpaired) electrons. The van der Waals surface area contributed by atoms with Crippen molar-refractivity contribution in [3.63, 3.8) is 0 Å². The van der Waals surface area contributed by atoms with Gasteiger partial charge in [-0.05, 0) is 37.3 Å². The van der Waals surface area contributed by atoms with Crippen LogP contribution in [0.5, 0.6) is 0 Å². The topological polar surface area (TPSA) is 39.9 Å². The van der Waals surface area contributed by atoms with Gasteiger partial charge in [0.25, 0.3) is 0 Å². The summed E-state index contributed by atoms with van der Waals surface area (Å²) in [4.78, 5) is 1.17. The van der Waals surface area contributed by atoms with E-state index in [0.29, 0.717) is 19.1 Å². The van der Waals surface area contributed by atoms with Crippen molar-refractivity contribution in [2.24, 2.45) is 5.92 Å². The largest absolute Gasteiger partial charge is 0.369 e. The van der Waals surface area contributed by atoms with Gasteiger partial charge in [0, 0.05) is 11.5 Å². The summed E-state index contributed by atoms with van der Waals surface area (Å²) >= 11 is 1.76. The van der Waals surface area contributed by atoms with Crippen molar-refractivity contribution in [1.29, 1.82) is 0 Å². The summed E-state index contributed by atoms with van der Waals surface area (Å²) in [6.07, 6.45) is 4.67. The number of hydrogen-bond acceptors (Lipinski definition) is 4. The van der Waals surface area contributed by atoms with Gasteiger partial charge in [-0.25, -0.2) is 0 Å². The first kappa shape index (κ1) is 16.7. The maximum Gasteiger partial charge on any atom is 0.164 e. The van der Waals surface area contributed by atoms with Gasteiger partial charge in [-0.1, -0.05) is 48.6 Å². The molecule has 0 N–H and O–H groups in total. The summed E-state index contributed by atoms with van der Waals surface area (Å²) in [5, 5.41) is 9.73. The highest BCUT2D eigenvalue weighted by Gasteiger charge is 2.25. The maximum atomic E-state index is 5.95. The molecule has 136 valence electrons. The third-order valence-electron chi connectivity index (χ3n) is 5.39. The third-order valence-corrected chi connectivity index (χ3v) is 6.56. The predicted molar refractivity (Wildman–Crippen MR) is 106 cm³/mol. The van der Waals surface area contributed by atoms with Crippen LogP contribution in [-0.4, -0.2) is 14.8 Å². The summed E-state index contributed by atoms with van der Waals surface area (Å²) in [6.45, 7) is 3.10. The van der Waals surface area contributed by atoms with Gasteiger partial charge in [-0.3, -0.25) is 4.57 Å². The molecular weight excluding hydrogens is 354 g/mol. The van der Waals surface area contributed by atoms with Gasteiger partial charge in [0.1, 0.15) is 17.4 Å². The van der Waals surface area contributed by atoms with E-state index in [1.54, 1.807) is 11.3 Å². The lowest BCUT2D eigenvalue weighted by Crippen LogP contribution is -2.07. The predicted octanol–water partition coefficient (Wildman–Crippen LogP) is 4.41. The normalized spacial score (nSPS) is 15.9. The van der Waals surface area contributed by atoms with Gasteiger partial charge in [0.2, 0.25) is 0 Å². The van der Waals surface area contributed by atoms with Gasteiger partial charge in [0.05, 0.1) is 11.5 Å². The average Bonchev–Trinajstić information content (AvgIpc) is 3.09. The Bertz CT molecular complexity index is 1030. The Morgan fingerprint density at radius 2 is 2.04 bits per heavy atom. The summed E-state index contributed by atoms with van der Waals surface area (Å²) in [6, 6.07) is 10.6. The zero-order valence-electron chi connectivity index (χ0n) is 15.4. The number of aromatic nitrogens is 3. The molecule has 2 aromatic heterocycles. The highest BCUT2D eigenvalue weighted by atomic mass is 32.1. The molecule has 3 heterocycles. The van der Waals surface area contributed by atoms with Crippen molar-refractivity contribution in [3.8, 4) is 16.8 Å². The zero-order valence-corrected chi connectivity index (χ0v) is 16.2. The van der Waals surface area contributed by atoms with Crippen molar-refractivity contribution < 1.29 is 4.74 Å². The van der Waals surface area contributed by atoms with Crippen LogP contribution in [0.2, 0.25) is 0 Å². The van der Waals surface area contributed by atoms with Crippen LogP contribution in [0.1, 0.15) is 52.5 Å². The molecule has 1 aromatic carbocycles. The molecule has 27 heavy (non-hydrogen) atoms. The molecular formula is C22H21N3OS. The number of nitrogens with zero attached hydrogens (tertiary/aromatic N) is 3. The molecule has 4 nitrogen and oxygen atoms in total. The number of thiophene rings is 1. The maximum absolute atomic E-state index is 5.95. The highest BCUT2D eigenvalue weighted by Crippen LogP contribution is 2.37. The lowest BCUT2D eigenvalue weighted by molar-refractivity contribution is 0.104. The lowest BCUT2D eigenvalue weighted by Gasteiger charge is -2.18. The van der Waals surface area contributed by atoms with Crippen LogP contribution in [0, 0.1) is 24.7 Å². The smallest absolute Gasteiger partial charge is 0.164 e. The molecule has 3 aromatic rings. The fourth-order valence-electron chi connectivity index (χ4n) is 3.63. The molecule has 5 heteroatoms. The van der Waals surface area contributed by atoms with Crippen molar-refractivity contribution in [2.75, 3.05) is 0 Å². The Labute approximate surface area is 163 Å². The van der Waals surface area contributed by atoms with Gasteiger partial charge in [-0.15, -0.1) is 21.5 Å². The Morgan fingerprint density at radius 3 is 2.81 bits per heavy atom. The molecule has 0 bridgehead atoms. The van der Waals surface area contributed by atoms with Crippen molar-refractivity contribution >= 4 is 11.3 Å². The zero-order chi connectivity index (χ0) is 18.2. The Hall–Kier alpha value is -2.42. The van der Waals surface area contributed by atoms with E-state index in [1.165, 1.54) is 45.8 Å². The first-order chi connectivity index (χ1) is 13.3. The van der Waals surface area contributed by atoms with Crippen molar-refractivity contribution in [3.05, 3.63) is 63.5 Å². The summed E-state index contributed by atoms with van der Waals surface area (Å²) < 4.78 is 8.09. The molecule has 0 spiro atoms. The van der Waals surface area contributed by atoms with E-state index >= 15 is 0 Å². The first-order valence-electron chi connectivity index (χ1n) is 9.48. The van der Waals surface area contributed by atoms with Crippen molar-refractivity contribution in [1.82, 2.24) is 14.8 Å². The number of rotatable bonds is 2.